The molecule has 0 bridgehead atoms. The number of fused-ring (bicyclic) bond motifs is 1. The lowest BCUT2D eigenvalue weighted by Gasteiger charge is -2.08. The van der Waals surface area contributed by atoms with Gasteiger partial charge >= 0.3 is 0 Å². The van der Waals surface area contributed by atoms with Crippen molar-refractivity contribution in [1.82, 2.24) is 25.3 Å². The molecular weight excluding hydrogens is 270 g/mol. The summed E-state index contributed by atoms with van der Waals surface area (Å²) in [7, 11) is 3.13. The van der Waals surface area contributed by atoms with Crippen LogP contribution in [0, 0.1) is 0 Å². The molecule has 21 heavy (non-hydrogen) atoms. The van der Waals surface area contributed by atoms with Crippen molar-refractivity contribution < 1.29 is 9.53 Å². The average molecular weight is 283 g/mol. The molecule has 2 N–H and O–H groups in total. The number of nitrogens with zero attached hydrogens (tertiary/aromatic N) is 3. The van der Waals surface area contributed by atoms with E-state index in [1.807, 2.05) is 0 Å². The highest BCUT2D eigenvalue weighted by molar-refractivity contribution is 5.95. The van der Waals surface area contributed by atoms with E-state index in [9.17, 15) is 4.79 Å². The molecule has 0 radical (unpaired) electrons. The van der Waals surface area contributed by atoms with Gasteiger partial charge in [-0.15, -0.1) is 0 Å². The normalized spacial score (nSPS) is 10.6. The Morgan fingerprint density at radius 3 is 2.95 bits per heavy atom. The monoisotopic (exact) mass is 283 g/mol. The van der Waals surface area contributed by atoms with Crippen LogP contribution in [0.25, 0.3) is 22.6 Å². The third-order valence-corrected chi connectivity index (χ3v) is 3.11. The number of aromatic nitrogens is 4. The van der Waals surface area contributed by atoms with Gasteiger partial charge in [-0.05, 0) is 18.2 Å². The first-order valence-corrected chi connectivity index (χ1v) is 6.29. The highest BCUT2D eigenvalue weighted by atomic mass is 16.5. The number of hydrogen-bond acceptors (Lipinski definition) is 5. The van der Waals surface area contributed by atoms with Crippen LogP contribution in [-0.2, 0) is 0 Å². The molecule has 0 saturated carbocycles. The topological polar surface area (TPSA) is 92.8 Å². The van der Waals surface area contributed by atoms with Crippen LogP contribution >= 0.6 is 0 Å². The third-order valence-electron chi connectivity index (χ3n) is 3.11. The molecule has 1 amide bonds. The van der Waals surface area contributed by atoms with E-state index in [1.165, 1.54) is 6.33 Å². The minimum atomic E-state index is -0.171. The summed E-state index contributed by atoms with van der Waals surface area (Å²) in [6, 6.07) is 5.18. The number of hydrogen-bond donors (Lipinski definition) is 2. The van der Waals surface area contributed by atoms with Gasteiger partial charge in [0, 0.05) is 12.6 Å². The number of methoxy groups -OCH3 is 1. The quantitative estimate of drug-likeness (QED) is 0.757. The zero-order chi connectivity index (χ0) is 14.8. The number of amides is 1. The van der Waals surface area contributed by atoms with Crippen molar-refractivity contribution in [2.24, 2.45) is 0 Å². The summed E-state index contributed by atoms with van der Waals surface area (Å²) >= 11 is 0. The Morgan fingerprint density at radius 1 is 1.38 bits per heavy atom. The maximum absolute atomic E-state index is 11.7. The lowest BCUT2D eigenvalue weighted by molar-refractivity contribution is 0.0963. The summed E-state index contributed by atoms with van der Waals surface area (Å²) in [5, 5.41) is 2.58. The van der Waals surface area contributed by atoms with E-state index in [4.69, 9.17) is 4.74 Å². The van der Waals surface area contributed by atoms with Gasteiger partial charge in [-0.1, -0.05) is 0 Å². The molecule has 0 saturated heterocycles. The Hall–Kier alpha value is -2.96. The van der Waals surface area contributed by atoms with Crippen LogP contribution < -0.4 is 10.1 Å². The van der Waals surface area contributed by atoms with Crippen LogP contribution in [0.15, 0.2) is 30.7 Å². The second-order valence-electron chi connectivity index (χ2n) is 4.34. The molecule has 0 aliphatic carbocycles. The molecule has 106 valence electrons. The van der Waals surface area contributed by atoms with Crippen molar-refractivity contribution >= 4 is 17.1 Å². The maximum atomic E-state index is 11.7. The van der Waals surface area contributed by atoms with Gasteiger partial charge in [0.1, 0.15) is 23.4 Å². The van der Waals surface area contributed by atoms with Gasteiger partial charge in [0.15, 0.2) is 5.65 Å². The number of imidazole rings is 1. The minimum absolute atomic E-state index is 0.171. The van der Waals surface area contributed by atoms with Gasteiger partial charge in [0.2, 0.25) is 0 Å². The Labute approximate surface area is 120 Å². The summed E-state index contributed by atoms with van der Waals surface area (Å²) in [4.78, 5) is 27.2. The van der Waals surface area contributed by atoms with Crippen molar-refractivity contribution in [3.8, 4) is 17.1 Å². The zero-order valence-electron chi connectivity index (χ0n) is 11.5. The van der Waals surface area contributed by atoms with E-state index in [2.05, 4.69) is 25.3 Å². The molecule has 7 nitrogen and oxygen atoms in total. The largest absolute Gasteiger partial charge is 0.496 e. The van der Waals surface area contributed by atoms with E-state index in [1.54, 1.807) is 38.6 Å². The first-order chi connectivity index (χ1) is 10.2. The van der Waals surface area contributed by atoms with Gasteiger partial charge in [0.05, 0.1) is 18.9 Å². The van der Waals surface area contributed by atoms with E-state index in [0.29, 0.717) is 22.8 Å². The van der Waals surface area contributed by atoms with E-state index >= 15 is 0 Å². The van der Waals surface area contributed by atoms with Crippen LogP contribution in [0.3, 0.4) is 0 Å². The molecule has 2 aromatic heterocycles. The van der Waals surface area contributed by atoms with Crippen molar-refractivity contribution in [1.29, 1.82) is 0 Å². The number of H-pyrrole nitrogens is 1. The number of nitrogens with one attached hydrogen (secondary N) is 2. The fourth-order valence-electron chi connectivity index (χ4n) is 2.06. The van der Waals surface area contributed by atoms with Gasteiger partial charge in [-0.25, -0.2) is 15.0 Å². The fourth-order valence-corrected chi connectivity index (χ4v) is 2.06. The molecule has 7 heteroatoms. The molecule has 1 aromatic carbocycles. The molecule has 3 aromatic rings. The highest BCUT2D eigenvalue weighted by Crippen LogP contribution is 2.29. The van der Waals surface area contributed by atoms with E-state index in [-0.39, 0.29) is 5.91 Å². The fraction of sp³-hybridized carbons (Fsp3) is 0.143. The summed E-state index contributed by atoms with van der Waals surface area (Å²) in [6.45, 7) is 0. The molecule has 0 atom stereocenters. The predicted octanol–water partition coefficient (Wildman–Crippen LogP) is 1.39. The third kappa shape index (κ3) is 2.29. The van der Waals surface area contributed by atoms with Gasteiger partial charge in [-0.3, -0.25) is 4.79 Å². The molecule has 2 heterocycles. The van der Waals surface area contributed by atoms with Crippen LogP contribution in [-0.4, -0.2) is 40.0 Å². The van der Waals surface area contributed by atoms with Crippen molar-refractivity contribution in [3.05, 3.63) is 36.3 Å². The summed E-state index contributed by atoms with van der Waals surface area (Å²) in [6.07, 6.45) is 3.10. The molecule has 0 unspecified atom stereocenters. The van der Waals surface area contributed by atoms with Crippen molar-refractivity contribution in [2.45, 2.75) is 0 Å². The number of carbonyl (C=O) groups is 1. The predicted molar refractivity (Wildman–Crippen MR) is 77.1 cm³/mol. The highest BCUT2D eigenvalue weighted by Gasteiger charge is 2.14. The van der Waals surface area contributed by atoms with Crippen LogP contribution in [0.1, 0.15) is 10.4 Å². The molecule has 0 spiro atoms. The SMILES string of the molecule is CNC(=O)c1ccc(-c2nc3ncncc3[nH]2)c(OC)c1. The summed E-state index contributed by atoms with van der Waals surface area (Å²) < 4.78 is 5.36. The number of ether oxygens (including phenoxy) is 1. The van der Waals surface area contributed by atoms with Crippen LogP contribution in [0.5, 0.6) is 5.75 Å². The number of aromatic amines is 1. The van der Waals surface area contributed by atoms with Gasteiger partial charge in [0.25, 0.3) is 5.91 Å². The lowest BCUT2D eigenvalue weighted by atomic mass is 10.1. The van der Waals surface area contributed by atoms with E-state index in [0.717, 1.165) is 11.1 Å². The first kappa shape index (κ1) is 13.0. The summed E-state index contributed by atoms with van der Waals surface area (Å²) in [5.41, 5.74) is 2.60. The number of carbonyl (C=O) groups excluding carboxylic acids is 1. The molecule has 0 aliphatic rings. The van der Waals surface area contributed by atoms with Crippen LogP contribution in [0.2, 0.25) is 0 Å². The number of benzene rings is 1. The van der Waals surface area contributed by atoms with Gasteiger partial charge < -0.3 is 15.0 Å². The zero-order valence-corrected chi connectivity index (χ0v) is 11.5. The lowest BCUT2D eigenvalue weighted by Crippen LogP contribution is -2.17. The van der Waals surface area contributed by atoms with Crippen molar-refractivity contribution in [2.75, 3.05) is 14.2 Å². The Kier molecular flexibility index (Phi) is 3.23. The average Bonchev–Trinajstić information content (AvgIpc) is 2.97. The Morgan fingerprint density at radius 2 is 2.24 bits per heavy atom. The van der Waals surface area contributed by atoms with E-state index < -0.39 is 0 Å². The maximum Gasteiger partial charge on any atom is 0.251 e. The molecule has 0 aliphatic heterocycles. The number of rotatable bonds is 3. The molecule has 0 fully saturated rings. The minimum Gasteiger partial charge on any atom is -0.496 e. The van der Waals surface area contributed by atoms with Crippen molar-refractivity contribution in [3.63, 3.8) is 0 Å². The Balaban J connectivity index is 2.10. The first-order valence-electron chi connectivity index (χ1n) is 6.29. The summed E-state index contributed by atoms with van der Waals surface area (Å²) in [5.74, 6) is 1.00. The molecular formula is C14H13N5O2. The van der Waals surface area contributed by atoms with Crippen LogP contribution in [0.4, 0.5) is 0 Å². The smallest absolute Gasteiger partial charge is 0.251 e. The second kappa shape index (κ2) is 5.20. The second-order valence-corrected chi connectivity index (χ2v) is 4.34. The Bertz CT molecular complexity index is 779. The standard InChI is InChI=1S/C14H13N5O2/c1-15-14(20)8-3-4-9(11(5-8)21-2)12-18-10-6-16-7-17-13(10)19-12/h3-7H,1-2H3,(H,15,20)(H,16,17,18,19). The van der Waals surface area contributed by atoms with Gasteiger partial charge in [-0.2, -0.15) is 0 Å². The molecule has 3 rings (SSSR count).